The lowest BCUT2D eigenvalue weighted by molar-refractivity contribution is -0.137. The van der Waals surface area contributed by atoms with Crippen LogP contribution < -0.4 is 0 Å². The van der Waals surface area contributed by atoms with Crippen LogP contribution in [-0.2, 0) is 16.0 Å². The van der Waals surface area contributed by atoms with Gasteiger partial charge in [-0.2, -0.15) is 0 Å². The maximum Gasteiger partial charge on any atom is 0.306 e. The second kappa shape index (κ2) is 3.70. The van der Waals surface area contributed by atoms with Gasteiger partial charge in [0.05, 0.1) is 13.0 Å². The van der Waals surface area contributed by atoms with E-state index in [0.29, 0.717) is 13.0 Å². The minimum absolute atomic E-state index is 0.116. The average molecular weight is 192 g/mol. The van der Waals surface area contributed by atoms with Crippen molar-refractivity contribution in [1.82, 2.24) is 0 Å². The molecule has 1 unspecified atom stereocenters. The van der Waals surface area contributed by atoms with E-state index in [2.05, 4.69) is 0 Å². The molecular formula is C11H12O3. The van der Waals surface area contributed by atoms with Gasteiger partial charge in [-0.05, 0) is 24.1 Å². The van der Waals surface area contributed by atoms with Crippen LogP contribution in [0.5, 0.6) is 5.75 Å². The first kappa shape index (κ1) is 9.06. The van der Waals surface area contributed by atoms with Crippen LogP contribution in [0.15, 0.2) is 24.3 Å². The zero-order valence-electron chi connectivity index (χ0n) is 7.77. The Morgan fingerprint density at radius 1 is 1.50 bits per heavy atom. The lowest BCUT2D eigenvalue weighted by Gasteiger charge is -2.05. The van der Waals surface area contributed by atoms with Crippen LogP contribution in [0.25, 0.3) is 0 Å². The van der Waals surface area contributed by atoms with Gasteiger partial charge in [0, 0.05) is 5.92 Å². The predicted octanol–water partition coefficient (Wildman–Crippen LogP) is 1.50. The molecule has 1 aromatic carbocycles. The van der Waals surface area contributed by atoms with Crippen molar-refractivity contribution in [1.29, 1.82) is 0 Å². The highest BCUT2D eigenvalue weighted by Gasteiger charge is 2.23. The fourth-order valence-electron chi connectivity index (χ4n) is 1.71. The SMILES string of the molecule is O=C1CC(Cc2cccc(O)c2)CO1. The van der Waals surface area contributed by atoms with Gasteiger partial charge < -0.3 is 9.84 Å². The van der Waals surface area contributed by atoms with Crippen molar-refractivity contribution in [2.75, 3.05) is 6.61 Å². The number of esters is 1. The summed E-state index contributed by atoms with van der Waals surface area (Å²) in [4.78, 5) is 10.8. The van der Waals surface area contributed by atoms with E-state index in [1.165, 1.54) is 0 Å². The van der Waals surface area contributed by atoms with Crippen molar-refractivity contribution >= 4 is 5.97 Å². The molecular weight excluding hydrogens is 180 g/mol. The number of hydrogen-bond acceptors (Lipinski definition) is 3. The standard InChI is InChI=1S/C11H12O3/c12-10-3-1-2-8(5-10)4-9-6-11(13)14-7-9/h1-3,5,9,12H,4,6-7H2. The number of benzene rings is 1. The summed E-state index contributed by atoms with van der Waals surface area (Å²) < 4.78 is 4.87. The molecule has 3 heteroatoms. The zero-order valence-corrected chi connectivity index (χ0v) is 7.77. The molecule has 0 radical (unpaired) electrons. The number of cyclic esters (lactones) is 1. The summed E-state index contributed by atoms with van der Waals surface area (Å²) >= 11 is 0. The highest BCUT2D eigenvalue weighted by atomic mass is 16.5. The Balaban J connectivity index is 2.00. The maximum absolute atomic E-state index is 10.8. The Labute approximate surface area is 82.3 Å². The fourth-order valence-corrected chi connectivity index (χ4v) is 1.71. The molecule has 14 heavy (non-hydrogen) atoms. The van der Waals surface area contributed by atoms with Crippen LogP contribution in [0.2, 0.25) is 0 Å². The summed E-state index contributed by atoms with van der Waals surface area (Å²) in [6, 6.07) is 7.12. The van der Waals surface area contributed by atoms with Gasteiger partial charge in [0.15, 0.2) is 0 Å². The van der Waals surface area contributed by atoms with E-state index in [0.717, 1.165) is 12.0 Å². The smallest absolute Gasteiger partial charge is 0.306 e. The summed E-state index contributed by atoms with van der Waals surface area (Å²) in [6.45, 7) is 0.508. The van der Waals surface area contributed by atoms with Crippen molar-refractivity contribution in [2.45, 2.75) is 12.8 Å². The first-order chi connectivity index (χ1) is 6.74. The van der Waals surface area contributed by atoms with Crippen molar-refractivity contribution < 1.29 is 14.6 Å². The Kier molecular flexibility index (Phi) is 2.39. The molecule has 0 amide bonds. The first-order valence-corrected chi connectivity index (χ1v) is 4.67. The van der Waals surface area contributed by atoms with Gasteiger partial charge >= 0.3 is 5.97 Å². The number of rotatable bonds is 2. The second-order valence-electron chi connectivity index (χ2n) is 3.63. The number of hydrogen-bond donors (Lipinski definition) is 1. The molecule has 0 saturated carbocycles. The third-order valence-corrected chi connectivity index (χ3v) is 2.37. The van der Waals surface area contributed by atoms with Gasteiger partial charge in [-0.15, -0.1) is 0 Å². The minimum atomic E-state index is -0.116. The van der Waals surface area contributed by atoms with Gasteiger partial charge in [0.25, 0.3) is 0 Å². The van der Waals surface area contributed by atoms with E-state index in [1.807, 2.05) is 12.1 Å². The Morgan fingerprint density at radius 2 is 2.36 bits per heavy atom. The monoisotopic (exact) mass is 192 g/mol. The highest BCUT2D eigenvalue weighted by molar-refractivity contribution is 5.71. The summed E-state index contributed by atoms with van der Waals surface area (Å²) in [6.07, 6.45) is 1.29. The molecule has 1 fully saturated rings. The molecule has 74 valence electrons. The van der Waals surface area contributed by atoms with Crippen LogP contribution in [0, 0.1) is 5.92 Å². The van der Waals surface area contributed by atoms with E-state index in [-0.39, 0.29) is 17.6 Å². The third-order valence-electron chi connectivity index (χ3n) is 2.37. The molecule has 1 N–H and O–H groups in total. The van der Waals surface area contributed by atoms with Crippen molar-refractivity contribution in [3.8, 4) is 5.75 Å². The normalized spacial score (nSPS) is 20.9. The second-order valence-corrected chi connectivity index (χ2v) is 3.63. The van der Waals surface area contributed by atoms with Crippen molar-refractivity contribution in [3.05, 3.63) is 29.8 Å². The summed E-state index contributed by atoms with van der Waals surface area (Å²) in [7, 11) is 0. The lowest BCUT2D eigenvalue weighted by atomic mass is 9.98. The summed E-state index contributed by atoms with van der Waals surface area (Å²) in [5, 5.41) is 9.24. The molecule has 0 spiro atoms. The molecule has 0 aliphatic carbocycles. The summed E-state index contributed by atoms with van der Waals surface area (Å²) in [5.74, 6) is 0.423. The molecule has 1 aliphatic heterocycles. The Hall–Kier alpha value is -1.51. The van der Waals surface area contributed by atoms with Crippen molar-refractivity contribution in [2.24, 2.45) is 5.92 Å². The van der Waals surface area contributed by atoms with E-state index in [1.54, 1.807) is 12.1 Å². The van der Waals surface area contributed by atoms with Gasteiger partial charge in [-0.3, -0.25) is 4.79 Å². The minimum Gasteiger partial charge on any atom is -0.508 e. The van der Waals surface area contributed by atoms with E-state index in [4.69, 9.17) is 4.74 Å². The topological polar surface area (TPSA) is 46.5 Å². The molecule has 1 atom stereocenters. The molecule has 1 saturated heterocycles. The highest BCUT2D eigenvalue weighted by Crippen LogP contribution is 2.21. The van der Waals surface area contributed by atoms with Gasteiger partial charge in [0.2, 0.25) is 0 Å². The molecule has 0 bridgehead atoms. The molecule has 1 aliphatic rings. The predicted molar refractivity (Wildman–Crippen MR) is 50.9 cm³/mol. The van der Waals surface area contributed by atoms with E-state index < -0.39 is 0 Å². The fraction of sp³-hybridized carbons (Fsp3) is 0.364. The number of carbonyl (C=O) groups is 1. The number of carbonyl (C=O) groups excluding carboxylic acids is 1. The maximum atomic E-state index is 10.8. The first-order valence-electron chi connectivity index (χ1n) is 4.67. The Morgan fingerprint density at radius 3 is 3.00 bits per heavy atom. The van der Waals surface area contributed by atoms with Crippen LogP contribution in [-0.4, -0.2) is 17.7 Å². The largest absolute Gasteiger partial charge is 0.508 e. The Bertz CT molecular complexity index is 346. The van der Waals surface area contributed by atoms with Gasteiger partial charge in [-0.25, -0.2) is 0 Å². The molecule has 3 nitrogen and oxygen atoms in total. The van der Waals surface area contributed by atoms with Crippen LogP contribution in [0.1, 0.15) is 12.0 Å². The van der Waals surface area contributed by atoms with Gasteiger partial charge in [0.1, 0.15) is 5.75 Å². The lowest BCUT2D eigenvalue weighted by Crippen LogP contribution is -2.03. The quantitative estimate of drug-likeness (QED) is 0.722. The van der Waals surface area contributed by atoms with E-state index in [9.17, 15) is 9.90 Å². The van der Waals surface area contributed by atoms with Crippen LogP contribution in [0.4, 0.5) is 0 Å². The number of aromatic hydroxyl groups is 1. The van der Waals surface area contributed by atoms with Crippen LogP contribution >= 0.6 is 0 Å². The molecule has 2 rings (SSSR count). The molecule has 1 heterocycles. The zero-order chi connectivity index (χ0) is 9.97. The van der Waals surface area contributed by atoms with Gasteiger partial charge in [-0.1, -0.05) is 12.1 Å². The number of phenolic OH excluding ortho intramolecular Hbond substituents is 1. The molecule has 1 aromatic rings. The van der Waals surface area contributed by atoms with E-state index >= 15 is 0 Å². The number of phenols is 1. The van der Waals surface area contributed by atoms with Crippen molar-refractivity contribution in [3.63, 3.8) is 0 Å². The third kappa shape index (κ3) is 2.05. The number of ether oxygens (including phenoxy) is 1. The van der Waals surface area contributed by atoms with Crippen LogP contribution in [0.3, 0.4) is 0 Å². The average Bonchev–Trinajstić information content (AvgIpc) is 2.51. The molecule has 0 aromatic heterocycles. The summed E-state index contributed by atoms with van der Waals surface area (Å²) in [5.41, 5.74) is 1.05.